The number of aliphatic hydroxyl groups excluding tert-OH is 1. The Labute approximate surface area is 119 Å². The van der Waals surface area contributed by atoms with Crippen molar-refractivity contribution in [3.63, 3.8) is 0 Å². The largest absolute Gasteiger partial charge is 0.453 e. The van der Waals surface area contributed by atoms with Crippen LogP contribution in [0, 0.1) is 0 Å². The summed E-state index contributed by atoms with van der Waals surface area (Å²) in [5, 5.41) is 12.6. The Kier molecular flexibility index (Phi) is 4.84. The molecule has 0 aliphatic carbocycles. The highest BCUT2D eigenvalue weighted by Crippen LogP contribution is 2.24. The molecular formula is C15H22N2O3. The minimum Gasteiger partial charge on any atom is -0.453 e. The number of hydrogen-bond donors (Lipinski definition) is 2. The van der Waals surface area contributed by atoms with E-state index in [1.165, 1.54) is 7.11 Å². The van der Waals surface area contributed by atoms with Gasteiger partial charge in [0.1, 0.15) is 0 Å². The number of aliphatic hydroxyl groups is 1. The molecule has 0 bridgehead atoms. The van der Waals surface area contributed by atoms with Crippen molar-refractivity contribution < 1.29 is 14.6 Å². The maximum atomic E-state index is 11.2. The molecule has 2 rings (SSSR count). The number of nitrogens with one attached hydrogen (secondary N) is 1. The van der Waals surface area contributed by atoms with E-state index in [2.05, 4.69) is 15.0 Å². The Hall–Kier alpha value is -1.75. The summed E-state index contributed by atoms with van der Waals surface area (Å²) in [6.07, 6.45) is 0.859. The molecule has 1 aliphatic rings. The van der Waals surface area contributed by atoms with Crippen LogP contribution in [-0.2, 0) is 4.74 Å². The third-order valence-electron chi connectivity index (χ3n) is 3.73. The lowest BCUT2D eigenvalue weighted by atomic mass is 10.1. The molecule has 1 amide bonds. The zero-order valence-corrected chi connectivity index (χ0v) is 12.0. The van der Waals surface area contributed by atoms with Crippen LogP contribution in [0.5, 0.6) is 0 Å². The van der Waals surface area contributed by atoms with E-state index in [1.807, 2.05) is 31.2 Å². The summed E-state index contributed by atoms with van der Waals surface area (Å²) < 4.78 is 4.61. The van der Waals surface area contributed by atoms with Gasteiger partial charge in [-0.1, -0.05) is 19.1 Å². The smallest absolute Gasteiger partial charge is 0.407 e. The van der Waals surface area contributed by atoms with E-state index in [4.69, 9.17) is 0 Å². The first-order chi connectivity index (χ1) is 9.63. The molecular weight excluding hydrogens is 256 g/mol. The first-order valence-electron chi connectivity index (χ1n) is 7.01. The molecule has 0 spiro atoms. The fourth-order valence-corrected chi connectivity index (χ4v) is 2.48. The number of carbonyl (C=O) groups excluding carboxylic acids is 1. The molecule has 110 valence electrons. The Balaban J connectivity index is 1.94. The zero-order valence-electron chi connectivity index (χ0n) is 12.0. The highest BCUT2D eigenvalue weighted by molar-refractivity contribution is 5.67. The number of carbonyl (C=O) groups is 1. The third kappa shape index (κ3) is 3.42. The SMILES string of the molecule is CCC(O)c1ccc(N2CCC(NC(=O)OC)C2)cc1. The molecule has 20 heavy (non-hydrogen) atoms. The minimum absolute atomic E-state index is 0.128. The summed E-state index contributed by atoms with van der Waals surface area (Å²) in [7, 11) is 1.37. The van der Waals surface area contributed by atoms with Gasteiger partial charge in [-0.3, -0.25) is 0 Å². The third-order valence-corrected chi connectivity index (χ3v) is 3.73. The molecule has 0 radical (unpaired) electrons. The standard InChI is InChI=1S/C15H22N2O3/c1-3-14(18)11-4-6-13(7-5-11)17-9-8-12(10-17)16-15(19)20-2/h4-7,12,14,18H,3,8-10H2,1-2H3,(H,16,19). The molecule has 0 aromatic heterocycles. The zero-order chi connectivity index (χ0) is 14.5. The summed E-state index contributed by atoms with van der Waals surface area (Å²) >= 11 is 0. The van der Waals surface area contributed by atoms with E-state index in [0.29, 0.717) is 6.42 Å². The number of benzene rings is 1. The van der Waals surface area contributed by atoms with E-state index in [9.17, 15) is 9.90 Å². The van der Waals surface area contributed by atoms with Gasteiger partial charge in [-0.15, -0.1) is 0 Å². The van der Waals surface area contributed by atoms with Gasteiger partial charge in [0.2, 0.25) is 0 Å². The van der Waals surface area contributed by atoms with E-state index < -0.39 is 6.10 Å². The second-order valence-corrected chi connectivity index (χ2v) is 5.08. The lowest BCUT2D eigenvalue weighted by molar-refractivity contribution is 0.167. The topological polar surface area (TPSA) is 61.8 Å². The fourth-order valence-electron chi connectivity index (χ4n) is 2.48. The number of anilines is 1. The van der Waals surface area contributed by atoms with Crippen molar-refractivity contribution in [2.24, 2.45) is 0 Å². The Morgan fingerprint density at radius 3 is 2.80 bits per heavy atom. The first kappa shape index (κ1) is 14.7. The first-order valence-corrected chi connectivity index (χ1v) is 7.01. The van der Waals surface area contributed by atoms with Crippen molar-refractivity contribution in [1.82, 2.24) is 5.32 Å². The van der Waals surface area contributed by atoms with Crippen molar-refractivity contribution in [1.29, 1.82) is 0 Å². The van der Waals surface area contributed by atoms with Crippen LogP contribution in [0.25, 0.3) is 0 Å². The van der Waals surface area contributed by atoms with Crippen molar-refractivity contribution in [2.45, 2.75) is 31.9 Å². The number of nitrogens with zero attached hydrogens (tertiary/aromatic N) is 1. The Morgan fingerprint density at radius 1 is 1.50 bits per heavy atom. The molecule has 2 N–H and O–H groups in total. The summed E-state index contributed by atoms with van der Waals surface area (Å²) in [5.74, 6) is 0. The van der Waals surface area contributed by atoms with E-state index in [-0.39, 0.29) is 12.1 Å². The van der Waals surface area contributed by atoms with Gasteiger partial charge in [-0.05, 0) is 30.5 Å². The number of alkyl carbamates (subject to hydrolysis) is 1. The predicted molar refractivity (Wildman–Crippen MR) is 77.9 cm³/mol. The summed E-state index contributed by atoms with van der Waals surface area (Å²) in [6, 6.07) is 8.10. The summed E-state index contributed by atoms with van der Waals surface area (Å²) in [6.45, 7) is 3.65. The molecule has 1 aliphatic heterocycles. The predicted octanol–water partition coefficient (Wildman–Crippen LogP) is 2.06. The quantitative estimate of drug-likeness (QED) is 0.885. The van der Waals surface area contributed by atoms with Crippen LogP contribution >= 0.6 is 0 Å². The maximum absolute atomic E-state index is 11.2. The molecule has 1 fully saturated rings. The average molecular weight is 278 g/mol. The van der Waals surface area contributed by atoms with Crippen LogP contribution in [0.1, 0.15) is 31.4 Å². The molecule has 2 unspecified atom stereocenters. The molecule has 1 saturated heterocycles. The molecule has 0 saturated carbocycles. The van der Waals surface area contributed by atoms with Crippen molar-refractivity contribution >= 4 is 11.8 Å². The van der Waals surface area contributed by atoms with Gasteiger partial charge in [-0.25, -0.2) is 4.79 Å². The summed E-state index contributed by atoms with van der Waals surface area (Å²) in [5.41, 5.74) is 2.06. The molecule has 5 nitrogen and oxygen atoms in total. The normalized spacial score (nSPS) is 19.8. The van der Waals surface area contributed by atoms with Gasteiger partial charge >= 0.3 is 6.09 Å². The van der Waals surface area contributed by atoms with E-state index in [1.54, 1.807) is 0 Å². The lowest BCUT2D eigenvalue weighted by Crippen LogP contribution is -2.36. The minimum atomic E-state index is -0.392. The average Bonchev–Trinajstić information content (AvgIpc) is 2.95. The van der Waals surface area contributed by atoms with Crippen LogP contribution in [0.4, 0.5) is 10.5 Å². The second kappa shape index (κ2) is 6.61. The monoisotopic (exact) mass is 278 g/mol. The van der Waals surface area contributed by atoms with Crippen LogP contribution in [0.15, 0.2) is 24.3 Å². The number of ether oxygens (including phenoxy) is 1. The van der Waals surface area contributed by atoms with Gasteiger partial charge in [0.25, 0.3) is 0 Å². The van der Waals surface area contributed by atoms with Crippen molar-refractivity contribution in [3.05, 3.63) is 29.8 Å². The number of amides is 1. The Morgan fingerprint density at radius 2 is 2.20 bits per heavy atom. The number of methoxy groups -OCH3 is 1. The molecule has 1 heterocycles. The maximum Gasteiger partial charge on any atom is 0.407 e. The Bertz CT molecular complexity index is 447. The molecule has 2 atom stereocenters. The highest BCUT2D eigenvalue weighted by atomic mass is 16.5. The second-order valence-electron chi connectivity index (χ2n) is 5.08. The number of rotatable bonds is 4. The fraction of sp³-hybridized carbons (Fsp3) is 0.533. The van der Waals surface area contributed by atoms with Gasteiger partial charge in [0, 0.05) is 18.8 Å². The van der Waals surface area contributed by atoms with E-state index in [0.717, 1.165) is 30.8 Å². The van der Waals surface area contributed by atoms with Crippen molar-refractivity contribution in [2.75, 3.05) is 25.1 Å². The van der Waals surface area contributed by atoms with Gasteiger partial charge in [0.15, 0.2) is 0 Å². The number of hydrogen-bond acceptors (Lipinski definition) is 4. The lowest BCUT2D eigenvalue weighted by Gasteiger charge is -2.19. The molecule has 1 aromatic carbocycles. The van der Waals surface area contributed by atoms with Gasteiger partial charge in [0.05, 0.1) is 19.3 Å². The highest BCUT2D eigenvalue weighted by Gasteiger charge is 2.24. The van der Waals surface area contributed by atoms with Crippen LogP contribution in [-0.4, -0.2) is 37.4 Å². The molecule has 5 heteroatoms. The molecule has 1 aromatic rings. The van der Waals surface area contributed by atoms with Crippen LogP contribution in [0.2, 0.25) is 0 Å². The van der Waals surface area contributed by atoms with Crippen LogP contribution < -0.4 is 10.2 Å². The van der Waals surface area contributed by atoms with Crippen molar-refractivity contribution in [3.8, 4) is 0 Å². The van der Waals surface area contributed by atoms with Gasteiger partial charge < -0.3 is 20.1 Å². The van der Waals surface area contributed by atoms with Gasteiger partial charge in [-0.2, -0.15) is 0 Å². The summed E-state index contributed by atoms with van der Waals surface area (Å²) in [4.78, 5) is 13.4. The van der Waals surface area contributed by atoms with Crippen LogP contribution in [0.3, 0.4) is 0 Å². The van der Waals surface area contributed by atoms with E-state index >= 15 is 0 Å².